The van der Waals surface area contributed by atoms with Gasteiger partial charge in [0, 0.05) is 37.8 Å². The largest absolute Gasteiger partial charge is 0.462 e. The van der Waals surface area contributed by atoms with Gasteiger partial charge in [0.1, 0.15) is 0 Å². The van der Waals surface area contributed by atoms with Crippen molar-refractivity contribution in [2.75, 3.05) is 26.4 Å². The standard InChI is InChI=1S/2C18H17F9O9S.C5H5N/c2*1-14(30,16(19,20)21)2-4-35-12(28)9-6-10(8-11(7-9)37(32,33)34)13(29)36-5-3-15(31,17(22,23)24)18(25,26)27;1-2-4-6-5-3-1/h2*6-8,30-31H,2-5H2,1H3,(H,32,33,34);1-5H/p+1. The quantitative estimate of drug-likeness (QED) is 0.0327. The van der Waals surface area contributed by atoms with Gasteiger partial charge in [-0.3, -0.25) is 9.11 Å². The molecule has 0 aliphatic rings. The number of ether oxygens (including phenoxy) is 4. The van der Waals surface area contributed by atoms with E-state index in [1.807, 2.05) is 30.6 Å². The molecule has 0 bridgehead atoms. The Morgan fingerprint density at radius 3 is 0.787 bits per heavy atom. The van der Waals surface area contributed by atoms with E-state index in [0.29, 0.717) is 50.2 Å². The molecule has 2 aromatic carbocycles. The van der Waals surface area contributed by atoms with Gasteiger partial charge in [-0.1, -0.05) is 6.07 Å². The number of alkyl halides is 18. The molecule has 0 radical (unpaired) electrons. The van der Waals surface area contributed by atoms with Crippen LogP contribution in [0.1, 0.15) is 81.0 Å². The van der Waals surface area contributed by atoms with Crippen molar-refractivity contribution < 1.29 is 169 Å². The summed E-state index contributed by atoms with van der Waals surface area (Å²) < 4.78 is 309. The first-order chi connectivity index (χ1) is 35.7. The fourth-order valence-corrected chi connectivity index (χ4v) is 6.19. The van der Waals surface area contributed by atoms with E-state index in [-0.39, 0.29) is 0 Å². The molecule has 3 rings (SSSR count). The maximum Gasteiger partial charge on any atom is 0.426 e. The van der Waals surface area contributed by atoms with Crippen LogP contribution in [-0.2, 0) is 39.2 Å². The first-order valence-corrected chi connectivity index (χ1v) is 23.7. The Balaban J connectivity index is 0.000000721. The van der Waals surface area contributed by atoms with Crippen LogP contribution in [0.3, 0.4) is 0 Å². The van der Waals surface area contributed by atoms with Crippen molar-refractivity contribution in [3.05, 3.63) is 89.2 Å². The van der Waals surface area contributed by atoms with E-state index in [1.54, 1.807) is 0 Å². The van der Waals surface area contributed by atoms with Gasteiger partial charge in [-0.25, -0.2) is 24.2 Å². The smallest absolute Gasteiger partial charge is 0.426 e. The summed E-state index contributed by atoms with van der Waals surface area (Å²) in [4.78, 5) is 48.9. The lowest BCUT2D eigenvalue weighted by molar-refractivity contribution is -0.378. The number of aromatic amines is 1. The molecule has 2 unspecified atom stereocenters. The van der Waals surface area contributed by atoms with E-state index in [1.165, 1.54) is 0 Å². The predicted molar refractivity (Wildman–Crippen MR) is 223 cm³/mol. The van der Waals surface area contributed by atoms with Crippen molar-refractivity contribution in [1.82, 2.24) is 0 Å². The summed E-state index contributed by atoms with van der Waals surface area (Å²) in [5.41, 5.74) is -21.0. The molecule has 0 amide bonds. The SMILES string of the molecule is CC(O)(CCOC(=O)c1cc(C(=O)OCCC(O)(C(F)(F)F)C(F)(F)F)cc(S(=O)(=O)O)c1)C(F)(F)F.CC(O)(CCOC(=O)c1cc(C(=O)OCCC(O)(C(F)(F)F)C(F)(F)F)cc(S(=O)(=O)O)c1)C(F)(F)F.c1cc[nH+]cc1. The van der Waals surface area contributed by atoms with Crippen LogP contribution in [0.25, 0.3) is 0 Å². The minimum absolute atomic E-state index is 0.308. The van der Waals surface area contributed by atoms with Crippen molar-refractivity contribution in [2.45, 2.75) is 109 Å². The third-order valence-corrected chi connectivity index (χ3v) is 11.8. The number of benzene rings is 2. The summed E-state index contributed by atoms with van der Waals surface area (Å²) in [6.07, 6.45) is -38.2. The zero-order valence-corrected chi connectivity index (χ0v) is 41.3. The van der Waals surface area contributed by atoms with E-state index < -0.39 is 188 Å². The minimum Gasteiger partial charge on any atom is -0.462 e. The lowest BCUT2D eigenvalue weighted by Gasteiger charge is -2.32. The first-order valence-electron chi connectivity index (χ1n) is 20.8. The number of nitrogens with one attached hydrogen (secondary N) is 1. The molecular formula is C41H40F18NO18S2+. The number of aromatic nitrogens is 1. The van der Waals surface area contributed by atoms with E-state index in [0.717, 1.165) is 0 Å². The predicted octanol–water partition coefficient (Wildman–Crippen LogP) is 6.89. The number of esters is 4. The van der Waals surface area contributed by atoms with Gasteiger partial charge in [0.25, 0.3) is 31.4 Å². The average molecular weight is 1240 g/mol. The van der Waals surface area contributed by atoms with Gasteiger partial charge < -0.3 is 39.4 Å². The number of hydrogen-bond acceptors (Lipinski definition) is 16. The number of carbonyl (C=O) groups is 4. The molecule has 0 aliphatic carbocycles. The maximum atomic E-state index is 12.7. The number of carbonyl (C=O) groups excluding carboxylic acids is 4. The van der Waals surface area contributed by atoms with Crippen molar-refractivity contribution >= 4 is 44.1 Å². The molecule has 19 nitrogen and oxygen atoms in total. The molecular weight excluding hydrogens is 1200 g/mol. The summed E-state index contributed by atoms with van der Waals surface area (Å²) in [5.74, 6) is -6.82. The highest BCUT2D eigenvalue weighted by Gasteiger charge is 2.71. The van der Waals surface area contributed by atoms with Gasteiger partial charge in [-0.15, -0.1) is 0 Å². The Kier molecular flexibility index (Phi) is 23.5. The molecule has 0 saturated heterocycles. The molecule has 0 saturated carbocycles. The Labute approximate surface area is 436 Å². The van der Waals surface area contributed by atoms with Gasteiger partial charge in [0.05, 0.1) is 58.5 Å². The van der Waals surface area contributed by atoms with Gasteiger partial charge in [-0.2, -0.15) is 95.9 Å². The molecule has 1 aromatic heterocycles. The molecule has 454 valence electrons. The first kappa shape index (κ1) is 71.9. The molecule has 3 aromatic rings. The van der Waals surface area contributed by atoms with E-state index in [2.05, 4.69) is 23.9 Å². The van der Waals surface area contributed by atoms with Crippen LogP contribution in [0.5, 0.6) is 0 Å². The summed E-state index contributed by atoms with van der Waals surface area (Å²) in [5, 5.41) is 36.6. The average Bonchev–Trinajstić information content (AvgIpc) is 3.29. The third-order valence-electron chi connectivity index (χ3n) is 10.1. The monoisotopic (exact) mass is 1240 g/mol. The molecule has 80 heavy (non-hydrogen) atoms. The van der Waals surface area contributed by atoms with E-state index >= 15 is 0 Å². The third kappa shape index (κ3) is 20.1. The van der Waals surface area contributed by atoms with Gasteiger partial charge in [0.2, 0.25) is 0 Å². The number of hydrogen-bond donors (Lipinski definition) is 6. The highest BCUT2D eigenvalue weighted by molar-refractivity contribution is 7.86. The van der Waals surface area contributed by atoms with Crippen LogP contribution in [-0.4, -0.2) is 156 Å². The Hall–Kier alpha value is -6.13. The van der Waals surface area contributed by atoms with Crippen molar-refractivity contribution in [3.63, 3.8) is 0 Å². The van der Waals surface area contributed by atoms with Crippen molar-refractivity contribution in [2.24, 2.45) is 0 Å². The number of pyridine rings is 1. The van der Waals surface area contributed by atoms with Crippen molar-refractivity contribution in [3.8, 4) is 0 Å². The lowest BCUT2D eigenvalue weighted by Crippen LogP contribution is -2.57. The number of rotatable bonds is 18. The Bertz CT molecular complexity index is 2600. The fraction of sp³-hybridized carbons (Fsp3) is 0.488. The van der Waals surface area contributed by atoms with Crippen LogP contribution >= 0.6 is 0 Å². The normalized spacial score (nSPS) is 14.6. The Morgan fingerprint density at radius 2 is 0.625 bits per heavy atom. The molecule has 7 N–H and O–H groups in total. The van der Waals surface area contributed by atoms with Crippen LogP contribution in [0.4, 0.5) is 79.0 Å². The molecule has 0 fully saturated rings. The lowest BCUT2D eigenvalue weighted by atomic mass is 9.99. The van der Waals surface area contributed by atoms with Crippen molar-refractivity contribution in [1.29, 1.82) is 0 Å². The van der Waals surface area contributed by atoms with Crippen LogP contribution in [0.15, 0.2) is 76.8 Å². The van der Waals surface area contributed by atoms with E-state index in [4.69, 9.17) is 19.3 Å². The van der Waals surface area contributed by atoms with E-state index in [9.17, 15) is 125 Å². The maximum absolute atomic E-state index is 12.7. The summed E-state index contributed by atoms with van der Waals surface area (Å²) in [6.45, 7) is -4.89. The summed E-state index contributed by atoms with van der Waals surface area (Å²) in [6, 6.07) is 8.12. The van der Waals surface area contributed by atoms with Gasteiger partial charge in [0.15, 0.2) is 23.6 Å². The highest BCUT2D eigenvalue weighted by atomic mass is 32.2. The molecule has 1 heterocycles. The number of halogens is 18. The van der Waals surface area contributed by atoms with Crippen LogP contribution in [0.2, 0.25) is 0 Å². The number of aliphatic hydroxyl groups is 4. The Morgan fingerprint density at radius 1 is 0.400 bits per heavy atom. The molecule has 0 aliphatic heterocycles. The van der Waals surface area contributed by atoms with Gasteiger partial charge in [-0.05, 0) is 50.2 Å². The second-order valence-electron chi connectivity index (χ2n) is 16.3. The second-order valence-corrected chi connectivity index (χ2v) is 19.2. The summed E-state index contributed by atoms with van der Waals surface area (Å²) >= 11 is 0. The molecule has 0 spiro atoms. The zero-order valence-electron chi connectivity index (χ0n) is 39.7. The highest BCUT2D eigenvalue weighted by Crippen LogP contribution is 2.46. The molecule has 39 heteroatoms. The molecule has 2 atom stereocenters. The number of H-pyrrole nitrogens is 1. The fourth-order valence-electron chi connectivity index (χ4n) is 5.08. The minimum atomic E-state index is -6.23. The zero-order chi connectivity index (χ0) is 62.7. The van der Waals surface area contributed by atoms with Crippen LogP contribution < -0.4 is 4.98 Å². The summed E-state index contributed by atoms with van der Waals surface area (Å²) in [7, 11) is -10.4. The topological polar surface area (TPSA) is 309 Å². The van der Waals surface area contributed by atoms with Gasteiger partial charge >= 0.3 is 60.9 Å². The second kappa shape index (κ2) is 26.2. The van der Waals surface area contributed by atoms with Crippen LogP contribution in [0, 0.1) is 0 Å².